The molecule has 0 saturated carbocycles. The number of fused-ring (bicyclic) bond motifs is 1. The summed E-state index contributed by atoms with van der Waals surface area (Å²) in [6.07, 6.45) is 0. The summed E-state index contributed by atoms with van der Waals surface area (Å²) in [4.78, 5) is 18.3. The minimum atomic E-state index is -0.538. The Bertz CT molecular complexity index is 1260. The number of carbonyl (C=O) groups excluding carboxylic acids is 1. The summed E-state index contributed by atoms with van der Waals surface area (Å²) < 4.78 is 18.4. The molecule has 10 heteroatoms. The fraction of sp³-hybridized carbons (Fsp3) is 0.320. The highest BCUT2D eigenvalue weighted by Gasteiger charge is 2.35. The number of nitrogens with zero attached hydrogens (tertiary/aromatic N) is 3. The van der Waals surface area contributed by atoms with Gasteiger partial charge in [0.2, 0.25) is 11.1 Å². The zero-order valence-corrected chi connectivity index (χ0v) is 21.2. The lowest BCUT2D eigenvalue weighted by atomic mass is 9.94. The zero-order chi connectivity index (χ0) is 24.9. The number of anilines is 2. The molecule has 1 aliphatic rings. The summed E-state index contributed by atoms with van der Waals surface area (Å²) in [5.41, 5.74) is 2.58. The van der Waals surface area contributed by atoms with E-state index >= 15 is 0 Å². The summed E-state index contributed by atoms with van der Waals surface area (Å²) in [5, 5.41) is 11.6. The molecule has 0 saturated heterocycles. The summed E-state index contributed by atoms with van der Waals surface area (Å²) in [6.45, 7) is 6.34. The monoisotopic (exact) mass is 495 g/mol. The third-order valence-electron chi connectivity index (χ3n) is 5.51. The van der Waals surface area contributed by atoms with E-state index in [1.54, 1.807) is 31.0 Å². The van der Waals surface area contributed by atoms with Gasteiger partial charge in [0, 0.05) is 5.70 Å². The molecule has 3 aromatic rings. The van der Waals surface area contributed by atoms with E-state index in [0.717, 1.165) is 11.3 Å². The predicted molar refractivity (Wildman–Crippen MR) is 137 cm³/mol. The number of nitrogens with one attached hydrogen (secondary N) is 2. The number of rotatable bonds is 9. The van der Waals surface area contributed by atoms with Crippen molar-refractivity contribution >= 4 is 29.3 Å². The smallest absolute Gasteiger partial charge is 0.255 e. The second-order valence-corrected chi connectivity index (χ2v) is 8.89. The van der Waals surface area contributed by atoms with E-state index in [1.165, 1.54) is 11.8 Å². The number of carbonyl (C=O) groups is 1. The molecule has 4 rings (SSSR count). The quantitative estimate of drug-likeness (QED) is 0.411. The summed E-state index contributed by atoms with van der Waals surface area (Å²) in [7, 11) is 3.17. The van der Waals surface area contributed by atoms with Crippen LogP contribution in [0.2, 0.25) is 0 Å². The van der Waals surface area contributed by atoms with Crippen LogP contribution in [-0.2, 0) is 4.79 Å². The fourth-order valence-electron chi connectivity index (χ4n) is 3.99. The first kappa shape index (κ1) is 24.5. The Hall–Kier alpha value is -3.66. The topological polar surface area (TPSA) is 99.5 Å². The van der Waals surface area contributed by atoms with Crippen LogP contribution in [0.4, 0.5) is 11.6 Å². The average Bonchev–Trinajstić information content (AvgIpc) is 3.26. The normalized spacial score (nSPS) is 14.7. The van der Waals surface area contributed by atoms with E-state index in [1.807, 2.05) is 51.1 Å². The molecule has 35 heavy (non-hydrogen) atoms. The summed E-state index contributed by atoms with van der Waals surface area (Å²) >= 11 is 1.54. The Morgan fingerprint density at radius 2 is 1.89 bits per heavy atom. The standard InChI is InChI=1S/C25H29N5O4S/c1-6-34-19-13-12-16(14-20(19)33-5)22-21(23(31)27-17-10-8-9-11-18(17)32-4)15(3)26-24-28-25(35-7-2)29-30(22)24/h8-14,22H,6-7H2,1-5H3,(H,27,31)(H,26,28,29)/t22-/m1/s1. The van der Waals surface area contributed by atoms with Crippen LogP contribution < -0.4 is 24.8 Å². The van der Waals surface area contributed by atoms with Crippen LogP contribution in [0.3, 0.4) is 0 Å². The van der Waals surface area contributed by atoms with E-state index in [-0.39, 0.29) is 5.91 Å². The van der Waals surface area contributed by atoms with E-state index in [0.29, 0.717) is 51.9 Å². The molecule has 0 bridgehead atoms. The fourth-order valence-corrected chi connectivity index (χ4v) is 4.55. The number of aromatic nitrogens is 3. The largest absolute Gasteiger partial charge is 0.495 e. The molecule has 1 aromatic heterocycles. The van der Waals surface area contributed by atoms with Gasteiger partial charge in [0.05, 0.1) is 32.1 Å². The van der Waals surface area contributed by atoms with Gasteiger partial charge in [0.1, 0.15) is 11.8 Å². The van der Waals surface area contributed by atoms with Crippen molar-refractivity contribution < 1.29 is 19.0 Å². The van der Waals surface area contributed by atoms with Gasteiger partial charge in [-0.25, -0.2) is 4.68 Å². The highest BCUT2D eigenvalue weighted by molar-refractivity contribution is 7.99. The van der Waals surface area contributed by atoms with E-state index in [9.17, 15) is 4.79 Å². The number of thioether (sulfide) groups is 1. The molecule has 0 fully saturated rings. The van der Waals surface area contributed by atoms with Gasteiger partial charge < -0.3 is 24.8 Å². The van der Waals surface area contributed by atoms with Crippen molar-refractivity contribution in [1.29, 1.82) is 0 Å². The number of hydrogen-bond acceptors (Lipinski definition) is 8. The van der Waals surface area contributed by atoms with E-state index < -0.39 is 6.04 Å². The van der Waals surface area contributed by atoms with Crippen LogP contribution in [0, 0.1) is 0 Å². The molecule has 0 unspecified atom stereocenters. The molecular weight excluding hydrogens is 466 g/mol. The molecule has 9 nitrogen and oxygen atoms in total. The maximum atomic E-state index is 13.7. The molecule has 1 amide bonds. The third-order valence-corrected chi connectivity index (χ3v) is 6.23. The van der Waals surface area contributed by atoms with Gasteiger partial charge in [-0.05, 0) is 49.4 Å². The number of hydrogen-bond donors (Lipinski definition) is 2. The summed E-state index contributed by atoms with van der Waals surface area (Å²) in [5.74, 6) is 2.92. The van der Waals surface area contributed by atoms with Gasteiger partial charge in [-0.15, -0.1) is 5.10 Å². The molecule has 184 valence electrons. The Kier molecular flexibility index (Phi) is 7.50. The van der Waals surface area contributed by atoms with Gasteiger partial charge in [0.15, 0.2) is 11.5 Å². The maximum absolute atomic E-state index is 13.7. The lowest BCUT2D eigenvalue weighted by molar-refractivity contribution is -0.113. The van der Waals surface area contributed by atoms with Crippen LogP contribution in [0.15, 0.2) is 58.9 Å². The first-order valence-electron chi connectivity index (χ1n) is 11.3. The maximum Gasteiger partial charge on any atom is 0.255 e. The Balaban J connectivity index is 1.81. The number of amides is 1. The van der Waals surface area contributed by atoms with Crippen molar-refractivity contribution in [1.82, 2.24) is 14.8 Å². The molecule has 0 aliphatic carbocycles. The highest BCUT2D eigenvalue weighted by Crippen LogP contribution is 2.40. The molecule has 2 heterocycles. The number of allylic oxidation sites excluding steroid dienone is 1. The molecule has 2 aromatic carbocycles. The van der Waals surface area contributed by atoms with Crippen molar-refractivity contribution in [2.24, 2.45) is 0 Å². The molecule has 1 atom stereocenters. The number of para-hydroxylation sites is 2. The van der Waals surface area contributed by atoms with Gasteiger partial charge in [0.25, 0.3) is 5.91 Å². The first-order chi connectivity index (χ1) is 17.0. The van der Waals surface area contributed by atoms with Crippen molar-refractivity contribution in [3.63, 3.8) is 0 Å². The molecule has 0 spiro atoms. The van der Waals surface area contributed by atoms with Crippen LogP contribution in [0.5, 0.6) is 17.2 Å². The number of ether oxygens (including phenoxy) is 3. The molecular formula is C25H29N5O4S. The van der Waals surface area contributed by atoms with Gasteiger partial charge in [-0.1, -0.05) is 36.9 Å². The second kappa shape index (κ2) is 10.7. The minimum Gasteiger partial charge on any atom is -0.495 e. The zero-order valence-electron chi connectivity index (χ0n) is 20.4. The number of benzene rings is 2. The van der Waals surface area contributed by atoms with Gasteiger partial charge in [-0.2, -0.15) is 4.98 Å². The van der Waals surface area contributed by atoms with Gasteiger partial charge >= 0.3 is 0 Å². The Morgan fingerprint density at radius 3 is 2.60 bits per heavy atom. The van der Waals surface area contributed by atoms with Crippen molar-refractivity contribution in [2.75, 3.05) is 37.2 Å². The van der Waals surface area contributed by atoms with E-state index in [4.69, 9.17) is 19.3 Å². The van der Waals surface area contributed by atoms with Crippen LogP contribution in [0.25, 0.3) is 0 Å². The second-order valence-electron chi connectivity index (χ2n) is 7.66. The minimum absolute atomic E-state index is 0.275. The Labute approximate surface area is 208 Å². The predicted octanol–water partition coefficient (Wildman–Crippen LogP) is 4.73. The van der Waals surface area contributed by atoms with Crippen LogP contribution >= 0.6 is 11.8 Å². The Morgan fingerprint density at radius 1 is 1.11 bits per heavy atom. The third kappa shape index (κ3) is 4.93. The molecule has 1 aliphatic heterocycles. The average molecular weight is 496 g/mol. The molecule has 0 radical (unpaired) electrons. The van der Waals surface area contributed by atoms with Crippen molar-refractivity contribution in [2.45, 2.75) is 32.0 Å². The number of methoxy groups -OCH3 is 2. The first-order valence-corrected chi connectivity index (χ1v) is 12.3. The van der Waals surface area contributed by atoms with Crippen molar-refractivity contribution in [3.8, 4) is 17.2 Å². The molecule has 2 N–H and O–H groups in total. The lowest BCUT2D eigenvalue weighted by Crippen LogP contribution is -2.31. The van der Waals surface area contributed by atoms with Crippen molar-refractivity contribution in [3.05, 3.63) is 59.3 Å². The lowest BCUT2D eigenvalue weighted by Gasteiger charge is -2.29. The van der Waals surface area contributed by atoms with Crippen LogP contribution in [0.1, 0.15) is 32.4 Å². The SMILES string of the molecule is CCOc1ccc([C@@H]2C(C(=O)Nc3ccccc3OC)=C(C)Nc3nc(SCC)nn32)cc1OC. The van der Waals surface area contributed by atoms with Gasteiger partial charge in [-0.3, -0.25) is 4.79 Å². The van der Waals surface area contributed by atoms with E-state index in [2.05, 4.69) is 15.6 Å². The van der Waals surface area contributed by atoms with Crippen LogP contribution in [-0.4, -0.2) is 47.3 Å². The summed E-state index contributed by atoms with van der Waals surface area (Å²) in [6, 6.07) is 12.4. The highest BCUT2D eigenvalue weighted by atomic mass is 32.2.